The van der Waals surface area contributed by atoms with Crippen molar-refractivity contribution < 1.29 is 5.11 Å². The molecule has 2 rings (SSSR count). The third kappa shape index (κ3) is 2.35. The maximum atomic E-state index is 9.05. The maximum absolute atomic E-state index is 9.05. The van der Waals surface area contributed by atoms with Gasteiger partial charge in [-0.15, -0.1) is 0 Å². The predicted octanol–water partition coefficient (Wildman–Crippen LogP) is 1.28. The van der Waals surface area contributed by atoms with E-state index in [9.17, 15) is 0 Å². The van der Waals surface area contributed by atoms with E-state index in [2.05, 4.69) is 16.7 Å². The lowest BCUT2D eigenvalue weighted by atomic mass is 10.1. The second-order valence-corrected chi connectivity index (χ2v) is 4.85. The summed E-state index contributed by atoms with van der Waals surface area (Å²) >= 11 is 0. The van der Waals surface area contributed by atoms with Crippen LogP contribution >= 0.6 is 0 Å². The number of β-amino-alcohol motifs (C(OH)–C–C–N with tert-alkyl or cyclic N) is 1. The standard InChI is InChI=1S/C12H24N2O/c1-2-4-11-5-6-12-13(9-10-15)7-3-8-14(11)12/h11-12,15H,2-10H2,1H3. The first-order valence-corrected chi connectivity index (χ1v) is 6.47. The van der Waals surface area contributed by atoms with E-state index in [1.165, 1.54) is 45.2 Å². The largest absolute Gasteiger partial charge is 0.395 e. The number of hydrogen-bond acceptors (Lipinski definition) is 3. The zero-order chi connectivity index (χ0) is 10.7. The van der Waals surface area contributed by atoms with E-state index in [-0.39, 0.29) is 0 Å². The highest BCUT2D eigenvalue weighted by Crippen LogP contribution is 2.31. The van der Waals surface area contributed by atoms with E-state index in [1.807, 2.05) is 0 Å². The minimum atomic E-state index is 0.308. The Morgan fingerprint density at radius 2 is 2.13 bits per heavy atom. The van der Waals surface area contributed by atoms with Gasteiger partial charge < -0.3 is 5.11 Å². The summed E-state index contributed by atoms with van der Waals surface area (Å²) in [6, 6.07) is 0.821. The third-order valence-electron chi connectivity index (χ3n) is 3.90. The van der Waals surface area contributed by atoms with Crippen molar-refractivity contribution in [2.24, 2.45) is 0 Å². The van der Waals surface area contributed by atoms with Gasteiger partial charge in [0.2, 0.25) is 0 Å². The molecule has 0 spiro atoms. The summed E-state index contributed by atoms with van der Waals surface area (Å²) in [5.74, 6) is 0. The molecule has 2 heterocycles. The molecule has 0 aromatic rings. The van der Waals surface area contributed by atoms with E-state index in [1.54, 1.807) is 0 Å². The van der Waals surface area contributed by atoms with E-state index in [0.29, 0.717) is 12.8 Å². The average Bonchev–Trinajstić information content (AvgIpc) is 2.64. The van der Waals surface area contributed by atoms with Crippen LogP contribution < -0.4 is 0 Å². The number of hydrogen-bond donors (Lipinski definition) is 1. The number of rotatable bonds is 4. The van der Waals surface area contributed by atoms with Gasteiger partial charge in [0.1, 0.15) is 0 Å². The van der Waals surface area contributed by atoms with Gasteiger partial charge in [-0.3, -0.25) is 9.80 Å². The summed E-state index contributed by atoms with van der Waals surface area (Å²) < 4.78 is 0. The number of aliphatic hydroxyl groups is 1. The summed E-state index contributed by atoms with van der Waals surface area (Å²) in [6.07, 6.45) is 7.24. The van der Waals surface area contributed by atoms with Crippen molar-refractivity contribution in [1.29, 1.82) is 0 Å². The van der Waals surface area contributed by atoms with Crippen LogP contribution in [0, 0.1) is 0 Å². The topological polar surface area (TPSA) is 26.7 Å². The lowest BCUT2D eigenvalue weighted by Gasteiger charge is -2.42. The molecule has 0 radical (unpaired) electrons. The molecule has 2 aliphatic heterocycles. The van der Waals surface area contributed by atoms with Gasteiger partial charge in [0, 0.05) is 25.7 Å². The van der Waals surface area contributed by atoms with Crippen LogP contribution in [0.2, 0.25) is 0 Å². The van der Waals surface area contributed by atoms with Crippen molar-refractivity contribution in [1.82, 2.24) is 9.80 Å². The van der Waals surface area contributed by atoms with Crippen molar-refractivity contribution in [2.45, 2.75) is 51.2 Å². The molecule has 2 fully saturated rings. The Labute approximate surface area is 93.1 Å². The first-order valence-electron chi connectivity index (χ1n) is 6.47. The van der Waals surface area contributed by atoms with Gasteiger partial charge in [0.25, 0.3) is 0 Å². The third-order valence-corrected chi connectivity index (χ3v) is 3.90. The quantitative estimate of drug-likeness (QED) is 0.760. The maximum Gasteiger partial charge on any atom is 0.0626 e. The fraction of sp³-hybridized carbons (Fsp3) is 1.00. The first kappa shape index (κ1) is 11.4. The number of fused-ring (bicyclic) bond motifs is 1. The van der Waals surface area contributed by atoms with E-state index < -0.39 is 0 Å². The van der Waals surface area contributed by atoms with Crippen LogP contribution in [0.4, 0.5) is 0 Å². The summed E-state index contributed by atoms with van der Waals surface area (Å²) in [6.45, 7) is 5.91. The Bertz CT molecular complexity index is 196. The molecule has 2 unspecified atom stereocenters. The van der Waals surface area contributed by atoms with Gasteiger partial charge in [-0.25, -0.2) is 0 Å². The number of nitrogens with zero attached hydrogens (tertiary/aromatic N) is 2. The molecule has 0 saturated carbocycles. The van der Waals surface area contributed by atoms with Gasteiger partial charge in [0.05, 0.1) is 12.8 Å². The first-order chi connectivity index (χ1) is 7.36. The fourth-order valence-corrected chi connectivity index (χ4v) is 3.28. The van der Waals surface area contributed by atoms with Gasteiger partial charge in [-0.2, -0.15) is 0 Å². The highest BCUT2D eigenvalue weighted by atomic mass is 16.3. The van der Waals surface area contributed by atoms with Crippen molar-refractivity contribution in [3.63, 3.8) is 0 Å². The molecule has 1 N–H and O–H groups in total. The van der Waals surface area contributed by atoms with Gasteiger partial charge in [-0.05, 0) is 25.7 Å². The Morgan fingerprint density at radius 1 is 1.27 bits per heavy atom. The van der Waals surface area contributed by atoms with E-state index in [0.717, 1.165) is 12.6 Å². The fourth-order valence-electron chi connectivity index (χ4n) is 3.28. The normalized spacial score (nSPS) is 33.2. The van der Waals surface area contributed by atoms with E-state index >= 15 is 0 Å². The molecular weight excluding hydrogens is 188 g/mol. The highest BCUT2D eigenvalue weighted by molar-refractivity contribution is 4.90. The van der Waals surface area contributed by atoms with Gasteiger partial charge in [0.15, 0.2) is 0 Å². The smallest absolute Gasteiger partial charge is 0.0626 e. The van der Waals surface area contributed by atoms with Crippen LogP contribution in [0.25, 0.3) is 0 Å². The zero-order valence-corrected chi connectivity index (χ0v) is 9.86. The minimum Gasteiger partial charge on any atom is -0.395 e. The molecule has 2 aliphatic rings. The minimum absolute atomic E-state index is 0.308. The van der Waals surface area contributed by atoms with Crippen LogP contribution in [-0.4, -0.2) is 53.4 Å². The lowest BCUT2D eigenvalue weighted by Crippen LogP contribution is -2.53. The SMILES string of the molecule is CCCC1CCC2N(CCO)CCCN12. The van der Waals surface area contributed by atoms with Crippen LogP contribution in [0.3, 0.4) is 0 Å². The van der Waals surface area contributed by atoms with Crippen molar-refractivity contribution in [2.75, 3.05) is 26.2 Å². The van der Waals surface area contributed by atoms with Crippen LogP contribution in [0.1, 0.15) is 39.0 Å². The molecule has 3 nitrogen and oxygen atoms in total. The van der Waals surface area contributed by atoms with Crippen LogP contribution in [-0.2, 0) is 0 Å². The molecule has 3 heteroatoms. The summed E-state index contributed by atoms with van der Waals surface area (Å²) in [4.78, 5) is 5.15. The Balaban J connectivity index is 1.94. The Morgan fingerprint density at radius 3 is 2.87 bits per heavy atom. The second kappa shape index (κ2) is 5.28. The highest BCUT2D eigenvalue weighted by Gasteiger charge is 2.37. The molecule has 0 amide bonds. The number of aliphatic hydroxyl groups excluding tert-OH is 1. The van der Waals surface area contributed by atoms with Crippen molar-refractivity contribution in [3.8, 4) is 0 Å². The molecule has 0 aromatic heterocycles. The Kier molecular flexibility index (Phi) is 4.00. The predicted molar refractivity (Wildman–Crippen MR) is 61.7 cm³/mol. The molecule has 2 saturated heterocycles. The molecule has 88 valence electrons. The van der Waals surface area contributed by atoms with Gasteiger partial charge in [-0.1, -0.05) is 13.3 Å². The monoisotopic (exact) mass is 212 g/mol. The second-order valence-electron chi connectivity index (χ2n) is 4.85. The molecule has 15 heavy (non-hydrogen) atoms. The molecule has 0 aromatic carbocycles. The molecular formula is C12H24N2O. The van der Waals surface area contributed by atoms with Crippen LogP contribution in [0.5, 0.6) is 0 Å². The molecule has 0 aliphatic carbocycles. The molecule has 0 bridgehead atoms. The van der Waals surface area contributed by atoms with Crippen molar-refractivity contribution in [3.05, 3.63) is 0 Å². The van der Waals surface area contributed by atoms with Crippen LogP contribution in [0.15, 0.2) is 0 Å². The van der Waals surface area contributed by atoms with Crippen molar-refractivity contribution >= 4 is 0 Å². The van der Waals surface area contributed by atoms with E-state index in [4.69, 9.17) is 5.11 Å². The Hall–Kier alpha value is -0.120. The summed E-state index contributed by atoms with van der Waals surface area (Å²) in [5, 5.41) is 9.05. The molecule has 2 atom stereocenters. The average molecular weight is 212 g/mol. The zero-order valence-electron chi connectivity index (χ0n) is 9.86. The summed E-state index contributed by atoms with van der Waals surface area (Å²) in [7, 11) is 0. The summed E-state index contributed by atoms with van der Waals surface area (Å²) in [5.41, 5.74) is 0. The van der Waals surface area contributed by atoms with Gasteiger partial charge >= 0.3 is 0 Å². The lowest BCUT2D eigenvalue weighted by molar-refractivity contribution is 0.00349.